The molecule has 2 aliphatic heterocycles. The average molecular weight is 120 g/mol. The summed E-state index contributed by atoms with van der Waals surface area (Å²) < 4.78 is 5.07. The van der Waals surface area contributed by atoms with E-state index < -0.39 is 0 Å². The van der Waals surface area contributed by atoms with Crippen LogP contribution in [0.4, 0.5) is 0 Å². The fraction of sp³-hybridized carbons (Fsp3) is 0.286. The molecule has 2 unspecified atom stereocenters. The summed E-state index contributed by atoms with van der Waals surface area (Å²) in [5, 5.41) is 0. The molecule has 0 amide bonds. The monoisotopic (exact) mass is 120 g/mol. The molecule has 0 spiro atoms. The average Bonchev–Trinajstić information content (AvgIpc) is 2.33. The van der Waals surface area contributed by atoms with Crippen LogP contribution >= 0.6 is 0 Å². The molecule has 0 fully saturated rings. The van der Waals surface area contributed by atoms with Gasteiger partial charge in [0, 0.05) is 12.3 Å². The molecule has 1 radical (unpaired) electrons. The van der Waals surface area contributed by atoms with E-state index in [4.69, 9.17) is 4.74 Å². The van der Waals surface area contributed by atoms with Crippen molar-refractivity contribution in [2.75, 3.05) is 0 Å². The van der Waals surface area contributed by atoms with Gasteiger partial charge in [0.15, 0.2) is 6.23 Å². The van der Waals surface area contributed by atoms with Gasteiger partial charge in [-0.25, -0.2) is 4.99 Å². The van der Waals surface area contributed by atoms with E-state index in [0.29, 0.717) is 0 Å². The summed E-state index contributed by atoms with van der Waals surface area (Å²) in [4.78, 5) is 4.06. The molecular weight excluding hydrogens is 114 g/mol. The Labute approximate surface area is 53.5 Å². The molecule has 0 N–H and O–H groups in total. The van der Waals surface area contributed by atoms with E-state index in [1.807, 2.05) is 12.2 Å². The first-order valence-corrected chi connectivity index (χ1v) is 2.90. The third kappa shape index (κ3) is 0.669. The number of hydrogen-bond donors (Lipinski definition) is 0. The first-order valence-electron chi connectivity index (χ1n) is 2.90. The van der Waals surface area contributed by atoms with E-state index in [1.165, 1.54) is 0 Å². The first kappa shape index (κ1) is 4.79. The van der Waals surface area contributed by atoms with Gasteiger partial charge in [-0.05, 0) is 6.08 Å². The number of allylic oxidation sites excluding steroid dienone is 1. The van der Waals surface area contributed by atoms with Crippen molar-refractivity contribution in [1.82, 2.24) is 0 Å². The Morgan fingerprint density at radius 2 is 2.56 bits per heavy atom. The lowest BCUT2D eigenvalue weighted by molar-refractivity contribution is 0.157. The van der Waals surface area contributed by atoms with Gasteiger partial charge in [-0.1, -0.05) is 6.08 Å². The maximum absolute atomic E-state index is 5.07. The zero-order valence-electron chi connectivity index (χ0n) is 4.82. The second-order valence-electron chi connectivity index (χ2n) is 2.02. The zero-order chi connectivity index (χ0) is 6.10. The van der Waals surface area contributed by atoms with Crippen LogP contribution in [0.15, 0.2) is 23.4 Å². The SMILES string of the molecule is [C]1=COC2N=CC=CC12. The standard InChI is InChI=1S/C7H6NO/c1-2-6-3-5-9-7(6)8-4-1/h1-2,4-7H. The van der Waals surface area contributed by atoms with Gasteiger partial charge in [0.2, 0.25) is 0 Å². The van der Waals surface area contributed by atoms with Crippen LogP contribution in [-0.4, -0.2) is 12.4 Å². The maximum Gasteiger partial charge on any atom is 0.199 e. The predicted octanol–water partition coefficient (Wildman–Crippen LogP) is 0.916. The molecule has 45 valence electrons. The van der Waals surface area contributed by atoms with Gasteiger partial charge < -0.3 is 4.74 Å². The fourth-order valence-corrected chi connectivity index (χ4v) is 0.937. The highest BCUT2D eigenvalue weighted by Crippen LogP contribution is 2.20. The highest BCUT2D eigenvalue weighted by molar-refractivity contribution is 5.72. The highest BCUT2D eigenvalue weighted by atomic mass is 16.5. The van der Waals surface area contributed by atoms with Crippen LogP contribution in [0.2, 0.25) is 0 Å². The van der Waals surface area contributed by atoms with Crippen LogP contribution in [0.1, 0.15) is 0 Å². The van der Waals surface area contributed by atoms with Gasteiger partial charge >= 0.3 is 0 Å². The third-order valence-electron chi connectivity index (χ3n) is 1.41. The van der Waals surface area contributed by atoms with Gasteiger partial charge in [-0.15, -0.1) is 0 Å². The second kappa shape index (κ2) is 1.72. The molecule has 2 nitrogen and oxygen atoms in total. The summed E-state index contributed by atoms with van der Waals surface area (Å²) >= 11 is 0. The lowest BCUT2D eigenvalue weighted by Gasteiger charge is -2.11. The van der Waals surface area contributed by atoms with Crippen molar-refractivity contribution in [1.29, 1.82) is 0 Å². The Hall–Kier alpha value is -1.05. The topological polar surface area (TPSA) is 21.6 Å². The molecule has 2 aliphatic rings. The Morgan fingerprint density at radius 1 is 1.56 bits per heavy atom. The number of aliphatic imine (C=N–C) groups is 1. The third-order valence-corrected chi connectivity index (χ3v) is 1.41. The lowest BCUT2D eigenvalue weighted by Crippen LogP contribution is -2.14. The normalized spacial score (nSPS) is 36.4. The van der Waals surface area contributed by atoms with Gasteiger partial charge in [0.1, 0.15) is 0 Å². The number of ether oxygens (including phenoxy) is 1. The minimum atomic E-state index is -0.0185. The Bertz CT molecular complexity index is 193. The van der Waals surface area contributed by atoms with Crippen molar-refractivity contribution in [2.24, 2.45) is 10.9 Å². The van der Waals surface area contributed by atoms with Crippen molar-refractivity contribution in [3.8, 4) is 0 Å². The number of dihydropyridines is 1. The van der Waals surface area contributed by atoms with E-state index in [0.717, 1.165) is 0 Å². The fourth-order valence-electron chi connectivity index (χ4n) is 0.937. The molecule has 2 heteroatoms. The molecule has 2 atom stereocenters. The Morgan fingerprint density at radius 3 is 3.44 bits per heavy atom. The first-order chi connectivity index (χ1) is 4.47. The van der Waals surface area contributed by atoms with E-state index in [1.54, 1.807) is 12.5 Å². The molecule has 0 saturated carbocycles. The summed E-state index contributed by atoms with van der Waals surface area (Å²) in [6.45, 7) is 0. The molecule has 9 heavy (non-hydrogen) atoms. The molecule has 2 heterocycles. The number of nitrogens with zero attached hydrogens (tertiary/aromatic N) is 1. The summed E-state index contributed by atoms with van der Waals surface area (Å²) in [5.74, 6) is 0.259. The molecule has 0 aromatic heterocycles. The molecule has 0 aromatic rings. The molecular formula is C7H6NO. The van der Waals surface area contributed by atoms with Crippen molar-refractivity contribution in [3.05, 3.63) is 24.5 Å². The van der Waals surface area contributed by atoms with Crippen LogP contribution < -0.4 is 0 Å². The second-order valence-corrected chi connectivity index (χ2v) is 2.02. The Kier molecular flexibility index (Phi) is 0.918. The zero-order valence-corrected chi connectivity index (χ0v) is 4.82. The Balaban J connectivity index is 2.25. The van der Waals surface area contributed by atoms with Crippen molar-refractivity contribution in [3.63, 3.8) is 0 Å². The van der Waals surface area contributed by atoms with Gasteiger partial charge in [0.05, 0.1) is 12.2 Å². The molecule has 0 aliphatic carbocycles. The van der Waals surface area contributed by atoms with Crippen molar-refractivity contribution in [2.45, 2.75) is 6.23 Å². The quantitative estimate of drug-likeness (QED) is 0.465. The smallest absolute Gasteiger partial charge is 0.199 e. The summed E-state index contributed by atoms with van der Waals surface area (Å²) in [6.07, 6.45) is 10.3. The largest absolute Gasteiger partial charge is 0.475 e. The van der Waals surface area contributed by atoms with Crippen LogP contribution in [0.3, 0.4) is 0 Å². The van der Waals surface area contributed by atoms with Gasteiger partial charge in [-0.3, -0.25) is 0 Å². The summed E-state index contributed by atoms with van der Waals surface area (Å²) in [5.41, 5.74) is 0. The summed E-state index contributed by atoms with van der Waals surface area (Å²) in [6, 6.07) is 0. The van der Waals surface area contributed by atoms with E-state index >= 15 is 0 Å². The van der Waals surface area contributed by atoms with E-state index in [2.05, 4.69) is 11.1 Å². The summed E-state index contributed by atoms with van der Waals surface area (Å²) in [7, 11) is 0. The molecule has 0 bridgehead atoms. The lowest BCUT2D eigenvalue weighted by atomic mass is 10.1. The number of hydrogen-bond acceptors (Lipinski definition) is 2. The number of fused-ring (bicyclic) bond motifs is 1. The van der Waals surface area contributed by atoms with Crippen LogP contribution in [0.5, 0.6) is 0 Å². The maximum atomic E-state index is 5.07. The number of rotatable bonds is 0. The molecule has 0 saturated heterocycles. The highest BCUT2D eigenvalue weighted by Gasteiger charge is 2.22. The minimum Gasteiger partial charge on any atom is -0.475 e. The van der Waals surface area contributed by atoms with E-state index in [9.17, 15) is 0 Å². The predicted molar refractivity (Wildman–Crippen MR) is 33.8 cm³/mol. The molecule has 2 rings (SSSR count). The minimum absolute atomic E-state index is 0.0185. The van der Waals surface area contributed by atoms with Crippen LogP contribution in [-0.2, 0) is 4.74 Å². The van der Waals surface area contributed by atoms with Gasteiger partial charge in [-0.2, -0.15) is 0 Å². The van der Waals surface area contributed by atoms with Crippen LogP contribution in [0.25, 0.3) is 0 Å². The molecule has 0 aromatic carbocycles. The van der Waals surface area contributed by atoms with Gasteiger partial charge in [0.25, 0.3) is 0 Å². The van der Waals surface area contributed by atoms with Crippen LogP contribution in [0, 0.1) is 12.0 Å². The van der Waals surface area contributed by atoms with Crippen molar-refractivity contribution < 1.29 is 4.74 Å². The van der Waals surface area contributed by atoms with Crippen molar-refractivity contribution >= 4 is 6.21 Å². The van der Waals surface area contributed by atoms with E-state index in [-0.39, 0.29) is 12.1 Å².